The Morgan fingerprint density at radius 1 is 1.50 bits per heavy atom. The van der Waals surface area contributed by atoms with E-state index in [-0.39, 0.29) is 0 Å². The van der Waals surface area contributed by atoms with Crippen molar-refractivity contribution in [1.29, 1.82) is 0 Å². The number of nitrogens with zero attached hydrogens (tertiary/aromatic N) is 1. The monoisotopic (exact) mass is 184 g/mol. The number of rotatable bonds is 1. The largest absolute Gasteiger partial charge is 0.395 e. The quantitative estimate of drug-likeness (QED) is 0.491. The Bertz CT molecular complexity index is 200. The van der Waals surface area contributed by atoms with Crippen molar-refractivity contribution in [2.24, 2.45) is 0 Å². The summed E-state index contributed by atoms with van der Waals surface area (Å²) in [6.45, 7) is 0. The standard InChI is InChI=1S/C6H8F4N2/c1-12-3-2-11-6(12,10)4-5(7,8)9/h2-3,11H,4H2,1H3. The van der Waals surface area contributed by atoms with Gasteiger partial charge in [0.05, 0.1) is 0 Å². The zero-order valence-corrected chi connectivity index (χ0v) is 6.32. The van der Waals surface area contributed by atoms with E-state index in [0.717, 1.165) is 11.1 Å². The molecule has 6 heteroatoms. The zero-order chi connectivity index (χ0) is 9.41. The molecule has 0 fully saturated rings. The van der Waals surface area contributed by atoms with Crippen LogP contribution in [0.4, 0.5) is 17.6 Å². The Balaban J connectivity index is 2.62. The molecule has 0 aliphatic carbocycles. The van der Waals surface area contributed by atoms with Crippen molar-refractivity contribution in [2.75, 3.05) is 7.05 Å². The van der Waals surface area contributed by atoms with E-state index in [1.807, 2.05) is 5.32 Å². The molecule has 1 unspecified atom stereocenters. The highest BCUT2D eigenvalue weighted by molar-refractivity contribution is 4.98. The minimum atomic E-state index is -4.51. The van der Waals surface area contributed by atoms with Gasteiger partial charge in [-0.05, 0) is 0 Å². The SMILES string of the molecule is CN1C=CNC1(F)CC(F)(F)F. The van der Waals surface area contributed by atoms with Gasteiger partial charge in [0.2, 0.25) is 0 Å². The van der Waals surface area contributed by atoms with Crippen molar-refractivity contribution in [3.63, 3.8) is 0 Å². The van der Waals surface area contributed by atoms with E-state index in [1.165, 1.54) is 13.2 Å². The van der Waals surface area contributed by atoms with Gasteiger partial charge in [0.1, 0.15) is 6.42 Å². The number of hydrogen-bond acceptors (Lipinski definition) is 2. The van der Waals surface area contributed by atoms with E-state index < -0.39 is 18.5 Å². The van der Waals surface area contributed by atoms with Crippen LogP contribution in [0, 0.1) is 0 Å². The third-order valence-corrected chi connectivity index (χ3v) is 1.60. The maximum Gasteiger partial charge on any atom is 0.395 e. The molecule has 0 aromatic rings. The fraction of sp³-hybridized carbons (Fsp3) is 0.667. The average Bonchev–Trinajstić information content (AvgIpc) is 2.08. The molecule has 0 radical (unpaired) electrons. The van der Waals surface area contributed by atoms with Crippen LogP contribution in [0.15, 0.2) is 12.4 Å². The van der Waals surface area contributed by atoms with Gasteiger partial charge in [-0.25, -0.2) is 0 Å². The Labute approximate surface area is 66.8 Å². The molecule has 0 saturated carbocycles. The first kappa shape index (κ1) is 9.15. The highest BCUT2D eigenvalue weighted by Crippen LogP contribution is 2.32. The van der Waals surface area contributed by atoms with E-state index in [0.29, 0.717) is 0 Å². The average molecular weight is 184 g/mol. The Hall–Kier alpha value is -0.940. The van der Waals surface area contributed by atoms with Crippen LogP contribution in [-0.2, 0) is 0 Å². The maximum absolute atomic E-state index is 13.2. The number of nitrogens with one attached hydrogen (secondary N) is 1. The van der Waals surface area contributed by atoms with E-state index >= 15 is 0 Å². The molecule has 1 heterocycles. The molecule has 1 N–H and O–H groups in total. The van der Waals surface area contributed by atoms with Gasteiger partial charge in [0.25, 0.3) is 5.92 Å². The van der Waals surface area contributed by atoms with Gasteiger partial charge >= 0.3 is 6.18 Å². The molecule has 0 spiro atoms. The van der Waals surface area contributed by atoms with Crippen LogP contribution in [0.25, 0.3) is 0 Å². The summed E-state index contributed by atoms with van der Waals surface area (Å²) in [7, 11) is 1.24. The van der Waals surface area contributed by atoms with Gasteiger partial charge < -0.3 is 10.2 Å². The lowest BCUT2D eigenvalue weighted by molar-refractivity contribution is -0.183. The van der Waals surface area contributed by atoms with E-state index in [2.05, 4.69) is 0 Å². The summed E-state index contributed by atoms with van der Waals surface area (Å²) in [5, 5.41) is 2.00. The van der Waals surface area contributed by atoms with Crippen LogP contribution in [0.3, 0.4) is 0 Å². The second-order valence-electron chi connectivity index (χ2n) is 2.62. The molecule has 0 aromatic heterocycles. The van der Waals surface area contributed by atoms with Gasteiger partial charge in [-0.3, -0.25) is 0 Å². The van der Waals surface area contributed by atoms with E-state index in [1.54, 1.807) is 0 Å². The second kappa shape index (κ2) is 2.53. The van der Waals surface area contributed by atoms with Crippen LogP contribution in [0.2, 0.25) is 0 Å². The van der Waals surface area contributed by atoms with Crippen LogP contribution in [0.5, 0.6) is 0 Å². The van der Waals surface area contributed by atoms with Crippen LogP contribution >= 0.6 is 0 Å². The fourth-order valence-corrected chi connectivity index (χ4v) is 0.938. The molecule has 0 bridgehead atoms. The van der Waals surface area contributed by atoms with Crippen LogP contribution < -0.4 is 5.32 Å². The summed E-state index contributed by atoms with van der Waals surface area (Å²) in [6.07, 6.45) is -3.68. The van der Waals surface area contributed by atoms with Gasteiger partial charge in [0, 0.05) is 19.4 Å². The first-order chi connectivity index (χ1) is 5.33. The second-order valence-corrected chi connectivity index (χ2v) is 2.62. The van der Waals surface area contributed by atoms with Crippen molar-refractivity contribution in [3.8, 4) is 0 Å². The molecule has 12 heavy (non-hydrogen) atoms. The molecular weight excluding hydrogens is 176 g/mol. The van der Waals surface area contributed by atoms with E-state index in [9.17, 15) is 17.6 Å². The molecule has 0 aromatic carbocycles. The van der Waals surface area contributed by atoms with Gasteiger partial charge in [-0.15, -0.1) is 0 Å². The third kappa shape index (κ3) is 1.80. The molecule has 0 amide bonds. The van der Waals surface area contributed by atoms with Crippen molar-refractivity contribution < 1.29 is 17.6 Å². The third-order valence-electron chi connectivity index (χ3n) is 1.60. The van der Waals surface area contributed by atoms with Crippen LogP contribution in [-0.4, -0.2) is 24.0 Å². The topological polar surface area (TPSA) is 15.3 Å². The predicted molar refractivity (Wildman–Crippen MR) is 34.5 cm³/mol. The lowest BCUT2D eigenvalue weighted by atomic mass is 10.3. The van der Waals surface area contributed by atoms with Crippen molar-refractivity contribution >= 4 is 0 Å². The minimum Gasteiger partial charge on any atom is -0.341 e. The summed E-state index contributed by atoms with van der Waals surface area (Å²) >= 11 is 0. The highest BCUT2D eigenvalue weighted by Gasteiger charge is 2.46. The first-order valence-electron chi connectivity index (χ1n) is 3.26. The predicted octanol–water partition coefficient (Wildman–Crippen LogP) is 1.57. The van der Waals surface area contributed by atoms with Crippen molar-refractivity contribution in [1.82, 2.24) is 10.2 Å². The number of hydrogen-bond donors (Lipinski definition) is 1. The molecule has 1 aliphatic heterocycles. The molecule has 1 rings (SSSR count). The lowest BCUT2D eigenvalue weighted by Gasteiger charge is -2.29. The fourth-order valence-electron chi connectivity index (χ4n) is 0.938. The van der Waals surface area contributed by atoms with E-state index in [4.69, 9.17) is 0 Å². The van der Waals surface area contributed by atoms with Gasteiger partial charge in [0.15, 0.2) is 0 Å². The smallest absolute Gasteiger partial charge is 0.341 e. The Morgan fingerprint density at radius 3 is 2.42 bits per heavy atom. The first-order valence-corrected chi connectivity index (χ1v) is 3.26. The molecule has 2 nitrogen and oxygen atoms in total. The van der Waals surface area contributed by atoms with Crippen molar-refractivity contribution in [2.45, 2.75) is 18.5 Å². The highest BCUT2D eigenvalue weighted by atomic mass is 19.4. The summed E-state index contributed by atoms with van der Waals surface area (Å²) in [5.74, 6) is -2.52. The normalized spacial score (nSPS) is 29.2. The minimum absolute atomic E-state index is 0.848. The Morgan fingerprint density at radius 2 is 2.08 bits per heavy atom. The van der Waals surface area contributed by atoms with Gasteiger partial charge in [-0.2, -0.15) is 17.6 Å². The van der Waals surface area contributed by atoms with Crippen LogP contribution in [0.1, 0.15) is 6.42 Å². The van der Waals surface area contributed by atoms with Gasteiger partial charge in [-0.1, -0.05) is 0 Å². The number of halogens is 4. The molecule has 70 valence electrons. The van der Waals surface area contributed by atoms with Crippen molar-refractivity contribution in [3.05, 3.63) is 12.4 Å². The molecular formula is C6H8F4N2. The molecule has 1 atom stereocenters. The maximum atomic E-state index is 13.2. The summed E-state index contributed by atoms with van der Waals surface area (Å²) < 4.78 is 48.6. The Kier molecular flexibility index (Phi) is 1.93. The summed E-state index contributed by atoms with van der Waals surface area (Å²) in [6, 6.07) is 0. The molecule has 0 saturated heterocycles. The number of alkyl halides is 4. The zero-order valence-electron chi connectivity index (χ0n) is 6.32. The lowest BCUT2D eigenvalue weighted by Crippen LogP contribution is -2.48. The summed E-state index contributed by atoms with van der Waals surface area (Å²) in [4.78, 5) is 0.848. The summed E-state index contributed by atoms with van der Waals surface area (Å²) in [5.41, 5.74) is 0. The molecule has 1 aliphatic rings.